The molecule has 0 aliphatic heterocycles. The Morgan fingerprint density at radius 3 is 2.47 bits per heavy atom. The average molecular weight is 264 g/mol. The first-order valence-electron chi connectivity index (χ1n) is 6.37. The standard InChI is InChI=1S/C14H20N2O3/c1-2-6-11(15)9-13(17)16(10-14(18)19)12-7-4-3-5-8-12/h3-5,7-8,11H,2,6,9-10,15H2,1H3,(H,18,19). The van der Waals surface area contributed by atoms with Gasteiger partial charge in [0.15, 0.2) is 0 Å². The number of carboxylic acids is 1. The number of hydrogen-bond acceptors (Lipinski definition) is 3. The van der Waals surface area contributed by atoms with E-state index in [0.717, 1.165) is 12.8 Å². The summed E-state index contributed by atoms with van der Waals surface area (Å²) in [6.45, 7) is 1.65. The van der Waals surface area contributed by atoms with Crippen molar-refractivity contribution in [2.75, 3.05) is 11.4 Å². The molecule has 5 heteroatoms. The highest BCUT2D eigenvalue weighted by molar-refractivity contribution is 5.97. The van der Waals surface area contributed by atoms with Crippen LogP contribution >= 0.6 is 0 Å². The third kappa shape index (κ3) is 5.09. The molecule has 0 fully saturated rings. The van der Waals surface area contributed by atoms with Crippen molar-refractivity contribution in [2.24, 2.45) is 5.73 Å². The predicted octanol–water partition coefficient (Wildman–Crippen LogP) is 1.62. The van der Waals surface area contributed by atoms with Gasteiger partial charge in [0.05, 0.1) is 0 Å². The summed E-state index contributed by atoms with van der Waals surface area (Å²) in [5.41, 5.74) is 6.42. The number of carboxylic acid groups (broad SMARTS) is 1. The normalized spacial score (nSPS) is 11.9. The summed E-state index contributed by atoms with van der Waals surface area (Å²) in [6.07, 6.45) is 1.82. The third-order valence-electron chi connectivity index (χ3n) is 2.76. The topological polar surface area (TPSA) is 83.6 Å². The summed E-state index contributed by atoms with van der Waals surface area (Å²) >= 11 is 0. The predicted molar refractivity (Wildman–Crippen MR) is 73.9 cm³/mol. The molecule has 1 atom stereocenters. The molecule has 0 bridgehead atoms. The highest BCUT2D eigenvalue weighted by Crippen LogP contribution is 2.15. The molecule has 0 spiro atoms. The second-order valence-electron chi connectivity index (χ2n) is 4.46. The van der Waals surface area contributed by atoms with Crippen LogP contribution in [-0.4, -0.2) is 29.6 Å². The largest absolute Gasteiger partial charge is 0.480 e. The van der Waals surface area contributed by atoms with Gasteiger partial charge in [-0.2, -0.15) is 0 Å². The van der Waals surface area contributed by atoms with Crippen molar-refractivity contribution in [1.29, 1.82) is 0 Å². The van der Waals surface area contributed by atoms with Crippen molar-refractivity contribution < 1.29 is 14.7 Å². The molecule has 1 amide bonds. The van der Waals surface area contributed by atoms with Crippen LogP contribution in [0, 0.1) is 0 Å². The second kappa shape index (κ2) is 7.53. The van der Waals surface area contributed by atoms with Crippen LogP contribution in [0.2, 0.25) is 0 Å². The molecule has 1 rings (SSSR count). The molecule has 0 saturated heterocycles. The highest BCUT2D eigenvalue weighted by atomic mass is 16.4. The highest BCUT2D eigenvalue weighted by Gasteiger charge is 2.20. The van der Waals surface area contributed by atoms with E-state index < -0.39 is 5.97 Å². The number of nitrogens with two attached hydrogens (primary N) is 1. The molecule has 1 unspecified atom stereocenters. The zero-order valence-electron chi connectivity index (χ0n) is 11.1. The van der Waals surface area contributed by atoms with E-state index in [1.54, 1.807) is 24.3 Å². The number of carbonyl (C=O) groups excluding carboxylic acids is 1. The lowest BCUT2D eigenvalue weighted by Crippen LogP contribution is -2.39. The summed E-state index contributed by atoms with van der Waals surface area (Å²) in [7, 11) is 0. The van der Waals surface area contributed by atoms with E-state index in [0.29, 0.717) is 5.69 Å². The molecule has 1 aromatic carbocycles. The molecule has 5 nitrogen and oxygen atoms in total. The summed E-state index contributed by atoms with van der Waals surface area (Å²) in [5, 5.41) is 8.91. The van der Waals surface area contributed by atoms with Gasteiger partial charge in [-0.25, -0.2) is 0 Å². The summed E-state index contributed by atoms with van der Waals surface area (Å²) in [5.74, 6) is -1.30. The first-order chi connectivity index (χ1) is 9.04. The fourth-order valence-electron chi connectivity index (χ4n) is 1.87. The molecular formula is C14H20N2O3. The molecule has 104 valence electrons. The van der Waals surface area contributed by atoms with E-state index in [4.69, 9.17) is 10.8 Å². The maximum absolute atomic E-state index is 12.1. The van der Waals surface area contributed by atoms with Gasteiger partial charge in [-0.15, -0.1) is 0 Å². The number of anilines is 1. The molecule has 0 radical (unpaired) electrons. The first-order valence-corrected chi connectivity index (χ1v) is 6.37. The SMILES string of the molecule is CCCC(N)CC(=O)N(CC(=O)O)c1ccccc1. The zero-order chi connectivity index (χ0) is 14.3. The fraction of sp³-hybridized carbons (Fsp3) is 0.429. The minimum Gasteiger partial charge on any atom is -0.480 e. The molecule has 0 aliphatic carbocycles. The molecule has 0 heterocycles. The van der Waals surface area contributed by atoms with Crippen molar-refractivity contribution in [3.8, 4) is 0 Å². The number of rotatable bonds is 7. The molecule has 1 aromatic rings. The van der Waals surface area contributed by atoms with Crippen LogP contribution in [-0.2, 0) is 9.59 Å². The van der Waals surface area contributed by atoms with Crippen molar-refractivity contribution in [2.45, 2.75) is 32.2 Å². The van der Waals surface area contributed by atoms with Crippen molar-refractivity contribution in [3.05, 3.63) is 30.3 Å². The van der Waals surface area contributed by atoms with Gasteiger partial charge >= 0.3 is 5.97 Å². The van der Waals surface area contributed by atoms with Crippen LogP contribution in [0.15, 0.2) is 30.3 Å². The van der Waals surface area contributed by atoms with Gasteiger partial charge in [-0.3, -0.25) is 9.59 Å². The van der Waals surface area contributed by atoms with Crippen LogP contribution in [0.3, 0.4) is 0 Å². The Hall–Kier alpha value is -1.88. The molecule has 0 saturated carbocycles. The van der Waals surface area contributed by atoms with Gasteiger partial charge in [0, 0.05) is 18.2 Å². The van der Waals surface area contributed by atoms with Gasteiger partial charge in [-0.05, 0) is 18.6 Å². The number of aliphatic carboxylic acids is 1. The zero-order valence-corrected chi connectivity index (χ0v) is 11.1. The molecule has 3 N–H and O–H groups in total. The molecule has 0 aromatic heterocycles. The van der Waals surface area contributed by atoms with Crippen molar-refractivity contribution in [3.63, 3.8) is 0 Å². The Kier molecular flexibility index (Phi) is 6.02. The Balaban J connectivity index is 2.80. The van der Waals surface area contributed by atoms with E-state index in [9.17, 15) is 9.59 Å². The van der Waals surface area contributed by atoms with Crippen LogP contribution in [0.5, 0.6) is 0 Å². The first kappa shape index (κ1) is 15.2. The van der Waals surface area contributed by atoms with Crippen LogP contribution in [0.25, 0.3) is 0 Å². The number of carbonyl (C=O) groups is 2. The Labute approximate surface area is 113 Å². The van der Waals surface area contributed by atoms with Crippen LogP contribution in [0.1, 0.15) is 26.2 Å². The van der Waals surface area contributed by atoms with Crippen molar-refractivity contribution in [1.82, 2.24) is 0 Å². The third-order valence-corrected chi connectivity index (χ3v) is 2.76. The second-order valence-corrected chi connectivity index (χ2v) is 4.46. The number of hydrogen-bond donors (Lipinski definition) is 2. The Morgan fingerprint density at radius 1 is 1.32 bits per heavy atom. The van der Waals surface area contributed by atoms with E-state index >= 15 is 0 Å². The van der Waals surface area contributed by atoms with E-state index in [1.807, 2.05) is 13.0 Å². The van der Waals surface area contributed by atoms with Gasteiger partial charge < -0.3 is 15.7 Å². The fourth-order valence-corrected chi connectivity index (χ4v) is 1.87. The van der Waals surface area contributed by atoms with Crippen LogP contribution in [0.4, 0.5) is 5.69 Å². The van der Waals surface area contributed by atoms with Gasteiger partial charge in [0.2, 0.25) is 5.91 Å². The monoisotopic (exact) mass is 264 g/mol. The lowest BCUT2D eigenvalue weighted by molar-refractivity contribution is -0.136. The average Bonchev–Trinajstić information content (AvgIpc) is 2.37. The lowest BCUT2D eigenvalue weighted by Gasteiger charge is -2.22. The quantitative estimate of drug-likeness (QED) is 0.784. The van der Waals surface area contributed by atoms with E-state index in [-0.39, 0.29) is 24.9 Å². The number of benzene rings is 1. The van der Waals surface area contributed by atoms with E-state index in [2.05, 4.69) is 0 Å². The molecule has 0 aliphatic rings. The Morgan fingerprint density at radius 2 is 1.95 bits per heavy atom. The maximum atomic E-state index is 12.1. The van der Waals surface area contributed by atoms with Gasteiger partial charge in [0.25, 0.3) is 0 Å². The smallest absolute Gasteiger partial charge is 0.323 e. The number of nitrogens with zero attached hydrogens (tertiary/aromatic N) is 1. The van der Waals surface area contributed by atoms with Gasteiger partial charge in [-0.1, -0.05) is 31.5 Å². The van der Waals surface area contributed by atoms with Crippen LogP contribution < -0.4 is 10.6 Å². The lowest BCUT2D eigenvalue weighted by atomic mass is 10.1. The number of para-hydroxylation sites is 1. The summed E-state index contributed by atoms with van der Waals surface area (Å²) < 4.78 is 0. The van der Waals surface area contributed by atoms with Crippen molar-refractivity contribution >= 4 is 17.6 Å². The molecular weight excluding hydrogens is 244 g/mol. The summed E-state index contributed by atoms with van der Waals surface area (Å²) in [4.78, 5) is 24.3. The maximum Gasteiger partial charge on any atom is 0.323 e. The Bertz CT molecular complexity index is 420. The van der Waals surface area contributed by atoms with Gasteiger partial charge in [0.1, 0.15) is 6.54 Å². The molecule has 19 heavy (non-hydrogen) atoms. The summed E-state index contributed by atoms with van der Waals surface area (Å²) in [6, 6.07) is 8.55. The van der Waals surface area contributed by atoms with E-state index in [1.165, 1.54) is 4.90 Å². The minimum atomic E-state index is -1.04. The number of amides is 1. The minimum absolute atomic E-state index is 0.163.